The number of rotatable bonds is 5. The van der Waals surface area contributed by atoms with Gasteiger partial charge in [-0.3, -0.25) is 19.7 Å². The van der Waals surface area contributed by atoms with Crippen molar-refractivity contribution >= 4 is 17.8 Å². The summed E-state index contributed by atoms with van der Waals surface area (Å²) in [4.78, 5) is 31.7. The number of benzene rings is 1. The molecule has 1 aromatic rings. The predicted molar refractivity (Wildman–Crippen MR) is 55.1 cm³/mol. The molecule has 8 heteroatoms. The van der Waals surface area contributed by atoms with Crippen molar-refractivity contribution in [1.82, 2.24) is 0 Å². The van der Waals surface area contributed by atoms with E-state index in [0.717, 1.165) is 19.1 Å². The molecule has 0 aromatic heterocycles. The van der Waals surface area contributed by atoms with Crippen LogP contribution >= 0.6 is 0 Å². The number of aldehydes is 1. The van der Waals surface area contributed by atoms with Crippen LogP contribution in [0, 0.1) is 10.1 Å². The predicted octanol–water partition coefficient (Wildman–Crippen LogP) is 2.21. The first-order chi connectivity index (χ1) is 8.36. The van der Waals surface area contributed by atoms with Crippen molar-refractivity contribution in [3.05, 3.63) is 33.4 Å². The van der Waals surface area contributed by atoms with Gasteiger partial charge in [0.1, 0.15) is 5.75 Å². The summed E-state index contributed by atoms with van der Waals surface area (Å²) in [5.74, 6) is -1.38. The zero-order valence-corrected chi connectivity index (χ0v) is 9.05. The summed E-state index contributed by atoms with van der Waals surface area (Å²) in [6.45, 7) is -2.23. The number of alkyl halides is 2. The Bertz CT molecular complexity index is 515. The van der Waals surface area contributed by atoms with Crippen LogP contribution in [-0.2, 0) is 0 Å². The third-order valence-electron chi connectivity index (χ3n) is 2.03. The molecule has 0 fully saturated rings. The van der Waals surface area contributed by atoms with Gasteiger partial charge in [0.2, 0.25) is 0 Å². The summed E-state index contributed by atoms with van der Waals surface area (Å²) < 4.78 is 28.4. The summed E-state index contributed by atoms with van der Waals surface area (Å²) in [5, 5.41) is 10.6. The molecule has 0 saturated carbocycles. The molecule has 6 nitrogen and oxygen atoms in total. The lowest BCUT2D eigenvalue weighted by atomic mass is 10.1. The van der Waals surface area contributed by atoms with Gasteiger partial charge in [-0.05, 0) is 6.92 Å². The number of Topliss-reactive ketones (excluding diaryl/α,β-unsaturated/α-hetero) is 1. The first-order valence-corrected chi connectivity index (χ1v) is 4.60. The molecule has 0 aliphatic carbocycles. The van der Waals surface area contributed by atoms with E-state index < -0.39 is 39.9 Å². The van der Waals surface area contributed by atoms with Gasteiger partial charge in [0, 0.05) is 12.1 Å². The maximum Gasteiger partial charge on any atom is 0.387 e. The van der Waals surface area contributed by atoms with Crippen molar-refractivity contribution in [2.24, 2.45) is 0 Å². The SMILES string of the molecule is CC(=O)c1cc([N+](=O)[O-])cc(C=O)c1OC(F)F. The van der Waals surface area contributed by atoms with Crippen LogP contribution in [0.4, 0.5) is 14.5 Å². The molecule has 0 atom stereocenters. The van der Waals surface area contributed by atoms with E-state index in [1.807, 2.05) is 0 Å². The number of carbonyl (C=O) groups excluding carboxylic acids is 2. The quantitative estimate of drug-likeness (QED) is 0.350. The number of hydrogen-bond acceptors (Lipinski definition) is 5. The molecule has 18 heavy (non-hydrogen) atoms. The van der Waals surface area contributed by atoms with Crippen molar-refractivity contribution in [1.29, 1.82) is 0 Å². The molecule has 0 bridgehead atoms. The molecule has 0 aliphatic rings. The van der Waals surface area contributed by atoms with Gasteiger partial charge >= 0.3 is 6.61 Å². The minimum Gasteiger partial charge on any atom is -0.433 e. The smallest absolute Gasteiger partial charge is 0.387 e. The molecule has 0 spiro atoms. The Morgan fingerprint density at radius 2 is 2.11 bits per heavy atom. The van der Waals surface area contributed by atoms with Crippen LogP contribution in [0.5, 0.6) is 5.75 Å². The largest absolute Gasteiger partial charge is 0.433 e. The van der Waals surface area contributed by atoms with Crippen molar-refractivity contribution in [2.45, 2.75) is 13.5 Å². The highest BCUT2D eigenvalue weighted by Gasteiger charge is 2.22. The van der Waals surface area contributed by atoms with Gasteiger partial charge in [0.25, 0.3) is 5.69 Å². The van der Waals surface area contributed by atoms with Crippen LogP contribution in [-0.4, -0.2) is 23.6 Å². The molecule has 0 aliphatic heterocycles. The number of hydrogen-bond donors (Lipinski definition) is 0. The number of nitro benzene ring substituents is 1. The van der Waals surface area contributed by atoms with Crippen LogP contribution in [0.25, 0.3) is 0 Å². The highest BCUT2D eigenvalue weighted by atomic mass is 19.3. The lowest BCUT2D eigenvalue weighted by Crippen LogP contribution is -2.09. The molecular formula is C10H7F2NO5. The maximum atomic E-state index is 12.2. The number of nitro groups is 1. The Morgan fingerprint density at radius 1 is 1.50 bits per heavy atom. The van der Waals surface area contributed by atoms with Gasteiger partial charge < -0.3 is 4.74 Å². The van der Waals surface area contributed by atoms with E-state index in [1.165, 1.54) is 0 Å². The highest BCUT2D eigenvalue weighted by molar-refractivity contribution is 6.00. The second kappa shape index (κ2) is 5.30. The lowest BCUT2D eigenvalue weighted by molar-refractivity contribution is -0.384. The molecule has 0 unspecified atom stereocenters. The lowest BCUT2D eigenvalue weighted by Gasteiger charge is -2.10. The van der Waals surface area contributed by atoms with Gasteiger partial charge in [-0.25, -0.2) is 0 Å². The third kappa shape index (κ3) is 2.84. The zero-order chi connectivity index (χ0) is 13.9. The molecule has 1 rings (SSSR count). The summed E-state index contributed by atoms with van der Waals surface area (Å²) >= 11 is 0. The van der Waals surface area contributed by atoms with Crippen molar-refractivity contribution in [3.8, 4) is 5.75 Å². The second-order valence-electron chi connectivity index (χ2n) is 3.22. The van der Waals surface area contributed by atoms with Crippen molar-refractivity contribution in [3.63, 3.8) is 0 Å². The first-order valence-electron chi connectivity index (χ1n) is 4.60. The van der Waals surface area contributed by atoms with E-state index in [-0.39, 0.29) is 6.29 Å². The summed E-state index contributed by atoms with van der Waals surface area (Å²) in [5.41, 5.74) is -1.47. The monoisotopic (exact) mass is 259 g/mol. The van der Waals surface area contributed by atoms with Crippen LogP contribution in [0.2, 0.25) is 0 Å². The Morgan fingerprint density at radius 3 is 2.50 bits per heavy atom. The summed E-state index contributed by atoms with van der Waals surface area (Å²) in [6, 6.07) is 1.55. The number of nitrogens with zero attached hydrogens (tertiary/aromatic N) is 1. The fourth-order valence-corrected chi connectivity index (χ4v) is 1.31. The molecule has 0 heterocycles. The fraction of sp³-hybridized carbons (Fsp3) is 0.200. The molecule has 0 saturated heterocycles. The standard InChI is InChI=1S/C10H7F2NO5/c1-5(15)8-3-7(13(16)17)2-6(4-14)9(8)18-10(11)12/h2-4,10H,1H3. The molecule has 0 amide bonds. The van der Waals surface area contributed by atoms with Crippen LogP contribution in [0.1, 0.15) is 27.6 Å². The van der Waals surface area contributed by atoms with Crippen LogP contribution in [0.15, 0.2) is 12.1 Å². The van der Waals surface area contributed by atoms with E-state index in [4.69, 9.17) is 0 Å². The van der Waals surface area contributed by atoms with E-state index in [0.29, 0.717) is 0 Å². The van der Waals surface area contributed by atoms with E-state index in [1.54, 1.807) is 0 Å². The van der Waals surface area contributed by atoms with Gasteiger partial charge in [0.05, 0.1) is 16.1 Å². The van der Waals surface area contributed by atoms with E-state index in [2.05, 4.69) is 4.74 Å². The maximum absolute atomic E-state index is 12.2. The van der Waals surface area contributed by atoms with Gasteiger partial charge in [-0.15, -0.1) is 0 Å². The van der Waals surface area contributed by atoms with E-state index >= 15 is 0 Å². The first kappa shape index (κ1) is 13.7. The van der Waals surface area contributed by atoms with Gasteiger partial charge in [-0.1, -0.05) is 0 Å². The number of ether oxygens (including phenoxy) is 1. The molecule has 0 radical (unpaired) electrons. The van der Waals surface area contributed by atoms with Crippen LogP contribution < -0.4 is 4.74 Å². The van der Waals surface area contributed by atoms with Gasteiger partial charge in [0.15, 0.2) is 12.1 Å². The Balaban J connectivity index is 3.50. The Hall–Kier alpha value is -2.38. The Kier molecular flexibility index (Phi) is 4.03. The second-order valence-corrected chi connectivity index (χ2v) is 3.22. The van der Waals surface area contributed by atoms with Crippen LogP contribution in [0.3, 0.4) is 0 Å². The average molecular weight is 259 g/mol. The number of carbonyl (C=O) groups is 2. The highest BCUT2D eigenvalue weighted by Crippen LogP contribution is 2.30. The third-order valence-corrected chi connectivity index (χ3v) is 2.03. The summed E-state index contributed by atoms with van der Waals surface area (Å²) in [6.07, 6.45) is 0.108. The fourth-order valence-electron chi connectivity index (χ4n) is 1.31. The minimum atomic E-state index is -3.25. The average Bonchev–Trinajstić information content (AvgIpc) is 2.27. The minimum absolute atomic E-state index is 0.108. The number of non-ortho nitro benzene ring substituents is 1. The van der Waals surface area contributed by atoms with Crippen molar-refractivity contribution in [2.75, 3.05) is 0 Å². The normalized spacial score (nSPS) is 10.2. The molecular weight excluding hydrogens is 252 g/mol. The Labute approximate surface area is 99.3 Å². The molecule has 1 aromatic carbocycles. The van der Waals surface area contributed by atoms with Crippen molar-refractivity contribution < 1.29 is 28.0 Å². The van der Waals surface area contributed by atoms with E-state index in [9.17, 15) is 28.5 Å². The number of halogens is 2. The number of ketones is 1. The van der Waals surface area contributed by atoms with Gasteiger partial charge in [-0.2, -0.15) is 8.78 Å². The topological polar surface area (TPSA) is 86.5 Å². The molecule has 0 N–H and O–H groups in total. The zero-order valence-electron chi connectivity index (χ0n) is 9.05. The molecule has 96 valence electrons. The summed E-state index contributed by atoms with van der Waals surface area (Å²) in [7, 11) is 0.